The second kappa shape index (κ2) is 19.0. The first-order valence-electron chi connectivity index (χ1n) is 18.3. The number of phenolic OH excluding ortho intramolecular Hbond substituents is 1. The number of nitrogens with one attached hydrogen (secondary N) is 4. The van der Waals surface area contributed by atoms with Crippen molar-refractivity contribution in [1.29, 1.82) is 0 Å². The standard InChI is InChI=1S/C42H35FN8O11/c1-61-37-31(13-9-27(35(37)54)40(57)48-30-14-10-28(42(59)60)36(55)38(30)62-2)49-41(58)32-12-8-25(19-45-32)47-39(56)23(16-26-20-46-51-50-26)17-33(52)22-5-3-21(4-6-22)15-34(53)29-11-7-24(43)18-44-29/h3-14,18-20,23,54-55H,15-17H2,1-2H3,(H,47,56)(H,48,57)(H,49,58)(H,59,60)(H,46,50,51). The van der Waals surface area contributed by atoms with E-state index in [2.05, 4.69) is 41.3 Å². The summed E-state index contributed by atoms with van der Waals surface area (Å²) in [5, 5.41) is 48.4. The van der Waals surface area contributed by atoms with Crippen molar-refractivity contribution < 1.29 is 58.0 Å². The van der Waals surface area contributed by atoms with Crippen LogP contribution in [0.4, 0.5) is 21.5 Å². The van der Waals surface area contributed by atoms with Crippen molar-refractivity contribution in [2.24, 2.45) is 5.92 Å². The number of rotatable bonds is 17. The van der Waals surface area contributed by atoms with Crippen LogP contribution in [0, 0.1) is 11.7 Å². The maximum atomic E-state index is 13.6. The highest BCUT2D eigenvalue weighted by atomic mass is 19.1. The number of carbonyl (C=O) groups excluding carboxylic acids is 5. The van der Waals surface area contributed by atoms with E-state index < -0.39 is 52.5 Å². The van der Waals surface area contributed by atoms with Crippen LogP contribution >= 0.6 is 0 Å². The van der Waals surface area contributed by atoms with E-state index in [0.717, 1.165) is 25.4 Å². The number of aromatic carboxylic acids is 1. The number of aromatic hydroxyl groups is 2. The number of halogens is 1. The third-order valence-electron chi connectivity index (χ3n) is 9.28. The van der Waals surface area contributed by atoms with Gasteiger partial charge >= 0.3 is 5.97 Å². The molecule has 316 valence electrons. The average Bonchev–Trinajstić information content (AvgIpc) is 3.77. The van der Waals surface area contributed by atoms with E-state index in [-0.39, 0.29) is 76.3 Å². The zero-order valence-electron chi connectivity index (χ0n) is 32.6. The Hall–Kier alpha value is -8.55. The first kappa shape index (κ1) is 43.0. The number of benzene rings is 3. The minimum atomic E-state index is -1.43. The molecule has 3 amide bonds. The quantitative estimate of drug-likeness (QED) is 0.0604. The Bertz CT molecular complexity index is 2660. The first-order chi connectivity index (χ1) is 29.8. The number of methoxy groups -OCH3 is 2. The summed E-state index contributed by atoms with van der Waals surface area (Å²) in [6, 6.07) is 16.2. The number of Topliss-reactive ketones (excluding diaryl/α,β-unsaturated/α-hetero) is 2. The summed E-state index contributed by atoms with van der Waals surface area (Å²) >= 11 is 0. The highest BCUT2D eigenvalue weighted by Crippen LogP contribution is 2.40. The van der Waals surface area contributed by atoms with Gasteiger partial charge in [-0.15, -0.1) is 0 Å². The molecular formula is C42H35FN8O11. The number of phenols is 2. The van der Waals surface area contributed by atoms with Crippen molar-refractivity contribution >= 4 is 52.3 Å². The number of carboxylic acids is 1. The molecule has 1 unspecified atom stereocenters. The van der Waals surface area contributed by atoms with Gasteiger partial charge in [0.05, 0.1) is 67.0 Å². The summed E-state index contributed by atoms with van der Waals surface area (Å²) in [4.78, 5) is 85.2. The number of H-pyrrole nitrogens is 1. The zero-order valence-corrected chi connectivity index (χ0v) is 32.6. The SMILES string of the molecule is COc1c(NC(=O)c2ccc(NC(=O)c3ccc(NC(=O)C(CC(=O)c4ccc(CC(=O)c5ccc(F)cn5)cc4)Cc4cn[nH]n4)cn3)c(OC)c2O)ccc(C(=O)O)c1O. The molecule has 6 aromatic rings. The molecule has 6 rings (SSSR count). The van der Waals surface area contributed by atoms with Crippen molar-refractivity contribution in [3.8, 4) is 23.0 Å². The normalized spacial score (nSPS) is 11.2. The van der Waals surface area contributed by atoms with Crippen molar-refractivity contribution in [2.45, 2.75) is 19.3 Å². The monoisotopic (exact) mass is 846 g/mol. The van der Waals surface area contributed by atoms with Crippen LogP contribution in [0.2, 0.25) is 0 Å². The van der Waals surface area contributed by atoms with Gasteiger partial charge in [0, 0.05) is 24.8 Å². The summed E-state index contributed by atoms with van der Waals surface area (Å²) < 4.78 is 23.5. The van der Waals surface area contributed by atoms with Gasteiger partial charge in [-0.05, 0) is 54.1 Å². The van der Waals surface area contributed by atoms with Crippen LogP contribution in [0.3, 0.4) is 0 Å². The van der Waals surface area contributed by atoms with E-state index in [1.54, 1.807) is 24.3 Å². The van der Waals surface area contributed by atoms with Gasteiger partial charge in [-0.1, -0.05) is 24.3 Å². The van der Waals surface area contributed by atoms with E-state index in [1.807, 2.05) is 0 Å². The third-order valence-corrected chi connectivity index (χ3v) is 9.28. The molecule has 7 N–H and O–H groups in total. The summed E-state index contributed by atoms with van der Waals surface area (Å²) in [6.07, 6.45) is 3.40. The van der Waals surface area contributed by atoms with E-state index in [4.69, 9.17) is 9.47 Å². The fourth-order valence-electron chi connectivity index (χ4n) is 6.13. The van der Waals surface area contributed by atoms with Crippen LogP contribution in [-0.2, 0) is 17.6 Å². The van der Waals surface area contributed by atoms with E-state index in [0.29, 0.717) is 16.8 Å². The maximum Gasteiger partial charge on any atom is 0.339 e. The second-order valence-electron chi connectivity index (χ2n) is 13.4. The summed E-state index contributed by atoms with van der Waals surface area (Å²) in [6.45, 7) is 0. The maximum absolute atomic E-state index is 13.6. The lowest BCUT2D eigenvalue weighted by Crippen LogP contribution is -2.27. The summed E-state index contributed by atoms with van der Waals surface area (Å²) in [5.41, 5.74) is 0.589. The van der Waals surface area contributed by atoms with Crippen LogP contribution in [0.25, 0.3) is 0 Å². The van der Waals surface area contributed by atoms with Crippen LogP contribution in [0.5, 0.6) is 23.0 Å². The molecule has 3 aromatic carbocycles. The van der Waals surface area contributed by atoms with Crippen LogP contribution < -0.4 is 25.4 Å². The summed E-state index contributed by atoms with van der Waals surface area (Å²) in [5.74, 6) is -7.81. The fourth-order valence-corrected chi connectivity index (χ4v) is 6.13. The molecule has 0 aliphatic carbocycles. The molecular weight excluding hydrogens is 812 g/mol. The highest BCUT2D eigenvalue weighted by Gasteiger charge is 2.26. The molecule has 62 heavy (non-hydrogen) atoms. The molecule has 0 aliphatic heterocycles. The molecule has 1 atom stereocenters. The molecule has 0 saturated carbocycles. The lowest BCUT2D eigenvalue weighted by molar-refractivity contribution is -0.119. The highest BCUT2D eigenvalue weighted by molar-refractivity contribution is 6.10. The van der Waals surface area contributed by atoms with Gasteiger partial charge in [0.25, 0.3) is 11.8 Å². The number of aromatic nitrogens is 5. The van der Waals surface area contributed by atoms with E-state index >= 15 is 0 Å². The molecule has 0 fully saturated rings. The Morgan fingerprint density at radius 1 is 0.710 bits per heavy atom. The van der Waals surface area contributed by atoms with Gasteiger partial charge in [0.2, 0.25) is 5.91 Å². The predicted octanol–water partition coefficient (Wildman–Crippen LogP) is 4.86. The van der Waals surface area contributed by atoms with E-state index in [9.17, 15) is 48.5 Å². The molecule has 0 bridgehead atoms. The molecule has 3 heterocycles. The number of anilines is 3. The van der Waals surface area contributed by atoms with Gasteiger partial charge in [0.1, 0.15) is 22.8 Å². The number of nitrogens with zero attached hydrogens (tertiary/aromatic N) is 4. The molecule has 20 heteroatoms. The topological polar surface area (TPSA) is 285 Å². The first-order valence-corrected chi connectivity index (χ1v) is 18.3. The van der Waals surface area contributed by atoms with Crippen LogP contribution in [0.15, 0.2) is 91.4 Å². The Morgan fingerprint density at radius 3 is 1.92 bits per heavy atom. The number of carboxylic acid groups (broad SMARTS) is 1. The van der Waals surface area contributed by atoms with Gasteiger partial charge in [-0.2, -0.15) is 15.4 Å². The smallest absolute Gasteiger partial charge is 0.339 e. The van der Waals surface area contributed by atoms with Gasteiger partial charge in [0.15, 0.2) is 34.6 Å². The number of ether oxygens (including phenoxy) is 2. The van der Waals surface area contributed by atoms with Gasteiger partial charge in [-0.3, -0.25) is 29.0 Å². The van der Waals surface area contributed by atoms with Crippen LogP contribution in [0.1, 0.15) is 69.7 Å². The number of amides is 3. The molecule has 3 aromatic heterocycles. The molecule has 0 aliphatic rings. The molecule has 0 radical (unpaired) electrons. The number of ketones is 2. The lowest BCUT2D eigenvalue weighted by atomic mass is 9.92. The van der Waals surface area contributed by atoms with Crippen molar-refractivity contribution in [2.75, 3.05) is 30.2 Å². The largest absolute Gasteiger partial charge is 0.504 e. The number of carbonyl (C=O) groups is 6. The molecule has 0 saturated heterocycles. The summed E-state index contributed by atoms with van der Waals surface area (Å²) in [7, 11) is 2.35. The fraction of sp³-hybridized carbons (Fsp3) is 0.143. The Morgan fingerprint density at radius 2 is 1.34 bits per heavy atom. The number of aromatic amines is 1. The third kappa shape index (κ3) is 10.00. The van der Waals surface area contributed by atoms with Crippen LogP contribution in [-0.4, -0.2) is 90.2 Å². The second-order valence-corrected chi connectivity index (χ2v) is 13.4. The molecule has 19 nitrogen and oxygen atoms in total. The Kier molecular flexibility index (Phi) is 13.2. The van der Waals surface area contributed by atoms with Gasteiger partial charge in [-0.25, -0.2) is 14.2 Å². The predicted molar refractivity (Wildman–Crippen MR) is 216 cm³/mol. The number of pyridine rings is 2. The minimum absolute atomic E-state index is 0.0227. The van der Waals surface area contributed by atoms with Crippen molar-refractivity contribution in [3.63, 3.8) is 0 Å². The zero-order chi connectivity index (χ0) is 44.5. The van der Waals surface area contributed by atoms with Crippen molar-refractivity contribution in [3.05, 3.63) is 137 Å². The number of hydrogen-bond donors (Lipinski definition) is 7. The average molecular weight is 847 g/mol. The van der Waals surface area contributed by atoms with Crippen molar-refractivity contribution in [1.82, 2.24) is 25.4 Å². The number of hydrogen-bond acceptors (Lipinski definition) is 14. The van der Waals surface area contributed by atoms with E-state index in [1.165, 1.54) is 55.9 Å². The Balaban J connectivity index is 1.09. The van der Waals surface area contributed by atoms with Gasteiger partial charge < -0.3 is 40.7 Å². The lowest BCUT2D eigenvalue weighted by Gasteiger charge is -2.16. The Labute approximate surface area is 350 Å². The minimum Gasteiger partial charge on any atom is -0.504 e. The molecule has 0 spiro atoms.